The van der Waals surface area contributed by atoms with Gasteiger partial charge in [0.05, 0.1) is 17.0 Å². The summed E-state index contributed by atoms with van der Waals surface area (Å²) in [6.45, 7) is 7.91. The van der Waals surface area contributed by atoms with E-state index in [1.54, 1.807) is 11.6 Å². The molecule has 8 nitrogen and oxygen atoms in total. The monoisotopic (exact) mass is 296 g/mol. The third kappa shape index (κ3) is 2.70. The first-order valence-corrected chi connectivity index (χ1v) is 6.82. The molecule has 1 aromatic rings. The van der Waals surface area contributed by atoms with Crippen LogP contribution in [0.2, 0.25) is 0 Å². The number of nitrogens with zero attached hydrogens (tertiary/aromatic N) is 4. The molecule has 0 aliphatic carbocycles. The van der Waals surface area contributed by atoms with E-state index in [0.717, 1.165) is 0 Å². The van der Waals surface area contributed by atoms with Gasteiger partial charge in [0.15, 0.2) is 0 Å². The maximum atomic E-state index is 11.4. The number of hydrogen-bond acceptors (Lipinski definition) is 4. The van der Waals surface area contributed by atoms with Gasteiger partial charge in [0.25, 0.3) is 0 Å². The number of nitro groups is 1. The van der Waals surface area contributed by atoms with Gasteiger partial charge in [-0.05, 0) is 18.8 Å². The van der Waals surface area contributed by atoms with Crippen molar-refractivity contribution in [3.8, 4) is 0 Å². The molecule has 8 heteroatoms. The van der Waals surface area contributed by atoms with Gasteiger partial charge in [-0.2, -0.15) is 5.10 Å². The van der Waals surface area contributed by atoms with Crippen molar-refractivity contribution in [2.45, 2.75) is 46.2 Å². The summed E-state index contributed by atoms with van der Waals surface area (Å²) >= 11 is 0. The Morgan fingerprint density at radius 1 is 1.52 bits per heavy atom. The third-order valence-electron chi connectivity index (χ3n) is 3.93. The molecule has 1 fully saturated rings. The summed E-state index contributed by atoms with van der Waals surface area (Å²) in [5, 5.41) is 24.5. The number of carbonyl (C=O) groups is 1. The minimum atomic E-state index is -0.962. The lowest BCUT2D eigenvalue weighted by molar-refractivity contribution is -0.385. The molecular formula is C13H20N4O4. The van der Waals surface area contributed by atoms with Crippen LogP contribution >= 0.6 is 0 Å². The van der Waals surface area contributed by atoms with Crippen LogP contribution in [0.25, 0.3) is 0 Å². The predicted molar refractivity (Wildman–Crippen MR) is 75.2 cm³/mol. The topological polar surface area (TPSA) is 102 Å². The Morgan fingerprint density at radius 2 is 2.14 bits per heavy atom. The van der Waals surface area contributed by atoms with Gasteiger partial charge in [0.1, 0.15) is 11.9 Å². The van der Waals surface area contributed by atoms with Gasteiger partial charge in [-0.3, -0.25) is 14.8 Å². The second kappa shape index (κ2) is 5.01. The predicted octanol–water partition coefficient (Wildman–Crippen LogP) is 2.44. The molecule has 1 aliphatic rings. The number of aryl methyl sites for hydroxylation is 1. The van der Waals surface area contributed by atoms with Crippen LogP contribution in [0.1, 0.15) is 38.9 Å². The maximum absolute atomic E-state index is 11.4. The van der Waals surface area contributed by atoms with Gasteiger partial charge in [-0.1, -0.05) is 20.8 Å². The fraction of sp³-hybridized carbons (Fsp3) is 0.692. The molecule has 2 unspecified atom stereocenters. The molecule has 1 saturated heterocycles. The summed E-state index contributed by atoms with van der Waals surface area (Å²) in [4.78, 5) is 23.3. The van der Waals surface area contributed by atoms with Gasteiger partial charge in [0.2, 0.25) is 0 Å². The number of likely N-dealkylation sites (tertiary alicyclic amines) is 1. The van der Waals surface area contributed by atoms with Crippen LogP contribution in [-0.2, 0) is 0 Å². The van der Waals surface area contributed by atoms with Crippen LogP contribution in [0.15, 0.2) is 6.20 Å². The first-order valence-electron chi connectivity index (χ1n) is 6.82. The van der Waals surface area contributed by atoms with Crippen molar-refractivity contribution < 1.29 is 14.8 Å². The van der Waals surface area contributed by atoms with Gasteiger partial charge in [0, 0.05) is 6.54 Å². The molecule has 2 rings (SSSR count). The zero-order valence-corrected chi connectivity index (χ0v) is 12.6. The van der Waals surface area contributed by atoms with Crippen LogP contribution in [0, 0.1) is 22.5 Å². The quantitative estimate of drug-likeness (QED) is 0.667. The van der Waals surface area contributed by atoms with Crippen molar-refractivity contribution in [2.75, 3.05) is 6.54 Å². The zero-order valence-electron chi connectivity index (χ0n) is 12.6. The summed E-state index contributed by atoms with van der Waals surface area (Å²) in [5.74, 6) is 0. The maximum Gasteiger partial charge on any atom is 0.407 e. The van der Waals surface area contributed by atoms with Crippen molar-refractivity contribution in [1.82, 2.24) is 14.7 Å². The molecule has 116 valence electrons. The number of rotatable bonds is 2. The summed E-state index contributed by atoms with van der Waals surface area (Å²) in [5.41, 5.74) is 0.0339. The van der Waals surface area contributed by atoms with E-state index in [1.807, 2.05) is 20.8 Å². The highest BCUT2D eigenvalue weighted by Crippen LogP contribution is 2.40. The fourth-order valence-corrected chi connectivity index (χ4v) is 3.13. The summed E-state index contributed by atoms with van der Waals surface area (Å²) < 4.78 is 1.56. The molecule has 2 heterocycles. The minimum absolute atomic E-state index is 0.0311. The van der Waals surface area contributed by atoms with E-state index < -0.39 is 11.0 Å². The molecule has 1 aromatic heterocycles. The summed E-state index contributed by atoms with van der Waals surface area (Å²) in [6.07, 6.45) is 1.05. The minimum Gasteiger partial charge on any atom is -0.465 e. The second-order valence-electron chi connectivity index (χ2n) is 6.48. The molecule has 21 heavy (non-hydrogen) atoms. The highest BCUT2D eigenvalue weighted by molar-refractivity contribution is 5.66. The number of carboxylic acid groups (broad SMARTS) is 1. The van der Waals surface area contributed by atoms with Crippen LogP contribution in [0.4, 0.5) is 10.5 Å². The molecule has 1 N–H and O–H groups in total. The van der Waals surface area contributed by atoms with Gasteiger partial charge >= 0.3 is 11.8 Å². The standard InChI is InChI=1S/C13H20N4O4/c1-8-10(17(20)21)7-16(14-8)9-5-6-15(12(18)19)11(9)13(2,3)4/h7,9,11H,5-6H2,1-4H3,(H,18,19). The smallest absolute Gasteiger partial charge is 0.407 e. The Bertz CT molecular complexity index is 575. The summed E-state index contributed by atoms with van der Waals surface area (Å²) in [6, 6.07) is -0.456. The summed E-state index contributed by atoms with van der Waals surface area (Å²) in [7, 11) is 0. The Balaban J connectivity index is 2.40. The zero-order chi connectivity index (χ0) is 15.9. The van der Waals surface area contributed by atoms with E-state index in [4.69, 9.17) is 0 Å². The Labute approximate surface area is 122 Å². The highest BCUT2D eigenvalue weighted by Gasteiger charge is 2.45. The number of amides is 1. The second-order valence-corrected chi connectivity index (χ2v) is 6.48. The van der Waals surface area contributed by atoms with E-state index in [2.05, 4.69) is 5.10 Å². The Morgan fingerprint density at radius 3 is 2.57 bits per heavy atom. The van der Waals surface area contributed by atoms with Crippen LogP contribution in [0.3, 0.4) is 0 Å². The Hall–Kier alpha value is -2.12. The normalized spacial score (nSPS) is 22.6. The van der Waals surface area contributed by atoms with Gasteiger partial charge in [-0.25, -0.2) is 4.79 Å². The van der Waals surface area contributed by atoms with E-state index >= 15 is 0 Å². The van der Waals surface area contributed by atoms with E-state index in [-0.39, 0.29) is 23.2 Å². The van der Waals surface area contributed by atoms with Crippen LogP contribution in [0.5, 0.6) is 0 Å². The van der Waals surface area contributed by atoms with Crippen LogP contribution in [-0.4, -0.2) is 43.4 Å². The van der Waals surface area contributed by atoms with E-state index in [9.17, 15) is 20.0 Å². The number of aromatic nitrogens is 2. The van der Waals surface area contributed by atoms with Crippen molar-refractivity contribution in [3.05, 3.63) is 22.0 Å². The van der Waals surface area contributed by atoms with Gasteiger partial charge < -0.3 is 10.0 Å². The van der Waals surface area contributed by atoms with Crippen LogP contribution < -0.4 is 0 Å². The lowest BCUT2D eigenvalue weighted by Gasteiger charge is -2.36. The van der Waals surface area contributed by atoms with Crippen molar-refractivity contribution in [3.63, 3.8) is 0 Å². The van der Waals surface area contributed by atoms with E-state index in [1.165, 1.54) is 11.1 Å². The molecule has 0 saturated carbocycles. The molecule has 2 atom stereocenters. The Kier molecular flexibility index (Phi) is 3.65. The SMILES string of the molecule is Cc1nn(C2CCN(C(=O)O)C2C(C)(C)C)cc1[N+](=O)[O-]. The highest BCUT2D eigenvalue weighted by atomic mass is 16.6. The largest absolute Gasteiger partial charge is 0.465 e. The molecule has 1 aliphatic heterocycles. The lowest BCUT2D eigenvalue weighted by atomic mass is 9.83. The molecule has 0 radical (unpaired) electrons. The molecule has 1 amide bonds. The molecule has 0 spiro atoms. The fourth-order valence-electron chi connectivity index (χ4n) is 3.13. The number of hydrogen-bond donors (Lipinski definition) is 1. The van der Waals surface area contributed by atoms with Crippen molar-refractivity contribution in [1.29, 1.82) is 0 Å². The third-order valence-corrected chi connectivity index (χ3v) is 3.93. The van der Waals surface area contributed by atoms with Gasteiger partial charge in [-0.15, -0.1) is 0 Å². The average Bonchev–Trinajstić information content (AvgIpc) is 2.90. The average molecular weight is 296 g/mol. The first kappa shape index (κ1) is 15.3. The van der Waals surface area contributed by atoms with Crippen molar-refractivity contribution >= 4 is 11.8 Å². The van der Waals surface area contributed by atoms with E-state index in [0.29, 0.717) is 18.7 Å². The molecule has 0 aromatic carbocycles. The lowest BCUT2D eigenvalue weighted by Crippen LogP contribution is -2.46. The molecule has 0 bridgehead atoms. The molecular weight excluding hydrogens is 276 g/mol. The van der Waals surface area contributed by atoms with Crippen molar-refractivity contribution in [2.24, 2.45) is 5.41 Å². The first-order chi connectivity index (χ1) is 9.62.